The molecule has 1 aliphatic carbocycles. The van der Waals surface area contributed by atoms with Gasteiger partial charge in [0.25, 0.3) is 0 Å². The van der Waals surface area contributed by atoms with Gasteiger partial charge in [0, 0.05) is 51.9 Å². The number of nitrogens with zero attached hydrogens (tertiary/aromatic N) is 3. The minimum absolute atomic E-state index is 0.0152. The highest BCUT2D eigenvalue weighted by Gasteiger charge is 2.42. The van der Waals surface area contributed by atoms with Crippen molar-refractivity contribution < 1.29 is 19.1 Å². The number of piperazine rings is 1. The Labute approximate surface area is 216 Å². The monoisotopic (exact) mass is 525 g/mol. The Bertz CT molecular complexity index is 940. The van der Waals surface area contributed by atoms with E-state index in [-0.39, 0.29) is 42.8 Å². The number of carbonyl (C=O) groups is 3. The summed E-state index contributed by atoms with van der Waals surface area (Å²) in [4.78, 5) is 43.8. The molecule has 192 valence electrons. The fraction of sp³-hybridized carbons (Fsp3) is 0.625. The van der Waals surface area contributed by atoms with Crippen LogP contribution >= 0.6 is 23.2 Å². The van der Waals surface area contributed by atoms with E-state index in [1.54, 1.807) is 17.0 Å². The summed E-state index contributed by atoms with van der Waals surface area (Å²) in [5.74, 6) is -0.292. The molecule has 2 aliphatic heterocycles. The van der Waals surface area contributed by atoms with E-state index >= 15 is 0 Å². The molecule has 2 heterocycles. The lowest BCUT2D eigenvalue weighted by molar-refractivity contribution is -0.146. The van der Waals surface area contributed by atoms with Crippen LogP contribution in [0.2, 0.25) is 10.0 Å². The van der Waals surface area contributed by atoms with Gasteiger partial charge in [-0.25, -0.2) is 0 Å². The second-order valence-electron chi connectivity index (χ2n) is 9.45. The first kappa shape index (κ1) is 26.2. The lowest BCUT2D eigenvalue weighted by Gasteiger charge is -2.47. The molecule has 1 aromatic carbocycles. The quantitative estimate of drug-likeness (QED) is 0.557. The van der Waals surface area contributed by atoms with Gasteiger partial charge in [-0.05, 0) is 37.0 Å². The van der Waals surface area contributed by atoms with Gasteiger partial charge in [-0.1, -0.05) is 29.3 Å². The number of halogens is 2. The molecule has 9 nitrogen and oxygen atoms in total. The standard InChI is InChI=1S/C24H33Cl2N5O4/c1-35-14-23(33)30-8-6-29(7-9-30)17-3-5-21-18(11-17)24(34)31(15-28-21)13-22(32)27-12-16-2-4-19(25)20(26)10-16/h2,4,10,17-18,21,28H,3,5-9,11-15H2,1H3,(H,27,32). The molecule has 3 unspecified atom stereocenters. The van der Waals surface area contributed by atoms with Crippen LogP contribution in [-0.2, 0) is 25.7 Å². The Balaban J connectivity index is 1.26. The lowest BCUT2D eigenvalue weighted by Crippen LogP contribution is -2.62. The zero-order valence-electron chi connectivity index (χ0n) is 20.0. The van der Waals surface area contributed by atoms with Crippen molar-refractivity contribution in [3.05, 3.63) is 33.8 Å². The number of nitrogens with one attached hydrogen (secondary N) is 2. The van der Waals surface area contributed by atoms with Crippen LogP contribution in [0.15, 0.2) is 18.2 Å². The first-order valence-electron chi connectivity index (χ1n) is 12.1. The first-order chi connectivity index (χ1) is 16.9. The highest BCUT2D eigenvalue weighted by atomic mass is 35.5. The van der Waals surface area contributed by atoms with Crippen LogP contribution in [0.3, 0.4) is 0 Å². The normalized spacial score (nSPS) is 25.3. The van der Waals surface area contributed by atoms with Crippen LogP contribution in [-0.4, -0.2) is 97.6 Å². The van der Waals surface area contributed by atoms with E-state index in [1.165, 1.54) is 7.11 Å². The average Bonchev–Trinajstić information content (AvgIpc) is 2.86. The summed E-state index contributed by atoms with van der Waals surface area (Å²) < 4.78 is 4.96. The molecule has 3 fully saturated rings. The minimum Gasteiger partial charge on any atom is -0.375 e. The molecule has 35 heavy (non-hydrogen) atoms. The van der Waals surface area contributed by atoms with Gasteiger partial charge >= 0.3 is 0 Å². The summed E-state index contributed by atoms with van der Waals surface area (Å²) in [5.41, 5.74) is 0.843. The molecule has 1 aromatic rings. The van der Waals surface area contributed by atoms with E-state index in [4.69, 9.17) is 27.9 Å². The maximum Gasteiger partial charge on any atom is 0.248 e. The van der Waals surface area contributed by atoms with E-state index in [1.807, 2.05) is 11.0 Å². The summed E-state index contributed by atoms with van der Waals surface area (Å²) in [6.07, 6.45) is 2.72. The lowest BCUT2D eigenvalue weighted by atomic mass is 9.79. The molecule has 2 N–H and O–H groups in total. The SMILES string of the molecule is COCC(=O)N1CCN(C2CCC3NCN(CC(=O)NCc4ccc(Cl)c(Cl)c4)C(=O)C3C2)CC1. The predicted octanol–water partition coefficient (Wildman–Crippen LogP) is 1.33. The number of amides is 3. The first-order valence-corrected chi connectivity index (χ1v) is 12.8. The summed E-state index contributed by atoms with van der Waals surface area (Å²) in [6, 6.07) is 5.68. The second kappa shape index (κ2) is 11.9. The Hall–Kier alpha value is -1.91. The molecule has 2 saturated heterocycles. The van der Waals surface area contributed by atoms with Gasteiger partial charge in [-0.15, -0.1) is 0 Å². The molecule has 0 radical (unpaired) electrons. The number of methoxy groups -OCH3 is 1. The predicted molar refractivity (Wildman–Crippen MR) is 133 cm³/mol. The van der Waals surface area contributed by atoms with Gasteiger partial charge in [0.1, 0.15) is 13.2 Å². The van der Waals surface area contributed by atoms with Crippen molar-refractivity contribution in [3.63, 3.8) is 0 Å². The Kier molecular flexibility index (Phi) is 8.88. The molecule has 3 atom stereocenters. The number of ether oxygens (including phenoxy) is 1. The van der Waals surface area contributed by atoms with E-state index in [0.717, 1.165) is 37.9 Å². The summed E-state index contributed by atoms with van der Waals surface area (Å²) in [5, 5.41) is 7.22. The topological polar surface area (TPSA) is 94.2 Å². The molecule has 0 bridgehead atoms. The zero-order valence-corrected chi connectivity index (χ0v) is 21.5. The Morgan fingerprint density at radius 2 is 1.91 bits per heavy atom. The maximum atomic E-state index is 13.3. The van der Waals surface area contributed by atoms with Crippen LogP contribution in [0.25, 0.3) is 0 Å². The Morgan fingerprint density at radius 3 is 2.63 bits per heavy atom. The fourth-order valence-electron chi connectivity index (χ4n) is 5.30. The number of hydrogen-bond acceptors (Lipinski definition) is 6. The number of carbonyl (C=O) groups excluding carboxylic acids is 3. The zero-order chi connectivity index (χ0) is 24.9. The highest BCUT2D eigenvalue weighted by Crippen LogP contribution is 2.32. The van der Waals surface area contributed by atoms with Crippen molar-refractivity contribution >= 4 is 40.9 Å². The fourth-order valence-corrected chi connectivity index (χ4v) is 5.62. The van der Waals surface area contributed by atoms with Crippen LogP contribution in [0.4, 0.5) is 0 Å². The number of hydrogen-bond donors (Lipinski definition) is 2. The van der Waals surface area contributed by atoms with Crippen molar-refractivity contribution in [1.82, 2.24) is 25.3 Å². The van der Waals surface area contributed by atoms with Crippen molar-refractivity contribution in [2.45, 2.75) is 37.9 Å². The van der Waals surface area contributed by atoms with E-state index in [9.17, 15) is 14.4 Å². The summed E-state index contributed by atoms with van der Waals surface area (Å²) in [7, 11) is 1.53. The van der Waals surface area contributed by atoms with Crippen molar-refractivity contribution in [3.8, 4) is 0 Å². The molecule has 4 rings (SSSR count). The van der Waals surface area contributed by atoms with Gasteiger partial charge in [0.05, 0.1) is 22.6 Å². The third kappa shape index (κ3) is 6.46. The molecule has 0 spiro atoms. The second-order valence-corrected chi connectivity index (χ2v) is 10.3. The smallest absolute Gasteiger partial charge is 0.248 e. The van der Waals surface area contributed by atoms with Gasteiger partial charge in [0.2, 0.25) is 17.7 Å². The molecular weight excluding hydrogens is 493 g/mol. The third-order valence-corrected chi connectivity index (χ3v) is 7.99. The average molecular weight is 526 g/mol. The molecule has 1 saturated carbocycles. The number of benzene rings is 1. The maximum absolute atomic E-state index is 13.3. The van der Waals surface area contributed by atoms with Crippen molar-refractivity contribution in [1.29, 1.82) is 0 Å². The third-order valence-electron chi connectivity index (χ3n) is 7.26. The molecule has 11 heteroatoms. The summed E-state index contributed by atoms with van der Waals surface area (Å²) in [6.45, 7) is 3.81. The van der Waals surface area contributed by atoms with E-state index in [0.29, 0.717) is 42.4 Å². The van der Waals surface area contributed by atoms with E-state index in [2.05, 4.69) is 15.5 Å². The van der Waals surface area contributed by atoms with Crippen LogP contribution in [0, 0.1) is 5.92 Å². The van der Waals surface area contributed by atoms with Gasteiger partial charge < -0.3 is 19.9 Å². The molecule has 3 amide bonds. The van der Waals surface area contributed by atoms with Crippen LogP contribution < -0.4 is 10.6 Å². The van der Waals surface area contributed by atoms with E-state index < -0.39 is 0 Å². The number of fused-ring (bicyclic) bond motifs is 1. The summed E-state index contributed by atoms with van der Waals surface area (Å²) >= 11 is 12.0. The van der Waals surface area contributed by atoms with Gasteiger partial charge in [-0.3, -0.25) is 24.6 Å². The van der Waals surface area contributed by atoms with Crippen molar-refractivity contribution in [2.24, 2.45) is 5.92 Å². The van der Waals surface area contributed by atoms with Crippen molar-refractivity contribution in [2.75, 3.05) is 53.1 Å². The molecule has 0 aromatic heterocycles. The van der Waals surface area contributed by atoms with Gasteiger partial charge in [0.15, 0.2) is 0 Å². The largest absolute Gasteiger partial charge is 0.375 e. The molecule has 3 aliphatic rings. The minimum atomic E-state index is -0.214. The van der Waals surface area contributed by atoms with Crippen LogP contribution in [0.1, 0.15) is 24.8 Å². The number of rotatable bonds is 7. The highest BCUT2D eigenvalue weighted by molar-refractivity contribution is 6.42. The van der Waals surface area contributed by atoms with Gasteiger partial charge in [-0.2, -0.15) is 0 Å². The molecular formula is C24H33Cl2N5O4. The Morgan fingerprint density at radius 1 is 1.14 bits per heavy atom. The van der Waals surface area contributed by atoms with Crippen LogP contribution in [0.5, 0.6) is 0 Å².